The van der Waals surface area contributed by atoms with E-state index in [0.717, 1.165) is 54.8 Å². The van der Waals surface area contributed by atoms with Gasteiger partial charge in [0.05, 0.1) is 24.9 Å². The summed E-state index contributed by atoms with van der Waals surface area (Å²) in [6.07, 6.45) is -1.64. The molecular formula is C30H37F3N4O3. The van der Waals surface area contributed by atoms with Crippen molar-refractivity contribution in [2.45, 2.75) is 44.7 Å². The molecule has 3 heterocycles. The number of nitrogens with zero attached hydrogens (tertiary/aromatic N) is 3. The number of aromatic nitrogens is 1. The smallest absolute Gasteiger partial charge is 0.416 e. The van der Waals surface area contributed by atoms with Crippen molar-refractivity contribution >= 4 is 16.8 Å². The zero-order valence-electron chi connectivity index (χ0n) is 23.2. The molecule has 0 aliphatic carbocycles. The molecule has 2 aliphatic rings. The topological polar surface area (TPSA) is 61.0 Å². The number of H-pyrrole nitrogens is 1. The Morgan fingerprint density at radius 1 is 1.02 bits per heavy atom. The zero-order valence-corrected chi connectivity index (χ0v) is 23.2. The molecule has 40 heavy (non-hydrogen) atoms. The lowest BCUT2D eigenvalue weighted by Gasteiger charge is -2.43. The van der Waals surface area contributed by atoms with Crippen molar-refractivity contribution < 1.29 is 27.4 Å². The van der Waals surface area contributed by atoms with E-state index in [-0.39, 0.29) is 29.6 Å². The summed E-state index contributed by atoms with van der Waals surface area (Å²) < 4.78 is 51.8. The molecule has 2 fully saturated rings. The van der Waals surface area contributed by atoms with Crippen molar-refractivity contribution in [3.8, 4) is 5.75 Å². The number of ether oxygens (including phenoxy) is 2. The molecular weight excluding hydrogens is 521 g/mol. The lowest BCUT2D eigenvalue weighted by Crippen LogP contribution is -2.57. The van der Waals surface area contributed by atoms with E-state index in [1.165, 1.54) is 13.2 Å². The van der Waals surface area contributed by atoms with Crippen LogP contribution in [-0.4, -0.2) is 96.8 Å². The highest BCUT2D eigenvalue weighted by Crippen LogP contribution is 2.33. The molecule has 2 aliphatic heterocycles. The number of nitrogens with one attached hydrogen (secondary N) is 1. The number of fused-ring (bicyclic) bond motifs is 1. The van der Waals surface area contributed by atoms with Crippen LogP contribution in [0.3, 0.4) is 0 Å². The fourth-order valence-corrected chi connectivity index (χ4v) is 6.04. The molecule has 2 saturated heterocycles. The summed E-state index contributed by atoms with van der Waals surface area (Å²) in [5, 5.41) is 1.09. The van der Waals surface area contributed by atoms with Crippen LogP contribution in [0.4, 0.5) is 13.2 Å². The first-order valence-electron chi connectivity index (χ1n) is 13.8. The highest BCUT2D eigenvalue weighted by Gasteiger charge is 2.35. The van der Waals surface area contributed by atoms with Gasteiger partial charge in [0.1, 0.15) is 5.75 Å². The van der Waals surface area contributed by atoms with Crippen molar-refractivity contribution in [3.05, 3.63) is 65.4 Å². The normalized spacial score (nSPS) is 23.1. The van der Waals surface area contributed by atoms with Crippen molar-refractivity contribution in [2.24, 2.45) is 0 Å². The summed E-state index contributed by atoms with van der Waals surface area (Å²) in [4.78, 5) is 23.6. The lowest BCUT2D eigenvalue weighted by atomic mass is 9.99. The number of benzene rings is 2. The summed E-state index contributed by atoms with van der Waals surface area (Å²) in [5.41, 5.74) is 1.19. The van der Waals surface area contributed by atoms with Gasteiger partial charge in [-0.1, -0.05) is 18.2 Å². The van der Waals surface area contributed by atoms with Crippen LogP contribution in [0.5, 0.6) is 5.75 Å². The minimum absolute atomic E-state index is 0.0129. The molecule has 2 unspecified atom stereocenters. The Morgan fingerprint density at radius 3 is 2.48 bits per heavy atom. The Bertz CT molecular complexity index is 1320. The van der Waals surface area contributed by atoms with E-state index in [4.69, 9.17) is 9.47 Å². The van der Waals surface area contributed by atoms with E-state index < -0.39 is 17.6 Å². The molecule has 216 valence electrons. The summed E-state index contributed by atoms with van der Waals surface area (Å²) in [6, 6.07) is 11.0. The van der Waals surface area contributed by atoms with Gasteiger partial charge in [-0.25, -0.2) is 0 Å². The van der Waals surface area contributed by atoms with Crippen LogP contribution in [0.2, 0.25) is 0 Å². The van der Waals surface area contributed by atoms with Gasteiger partial charge in [-0.2, -0.15) is 13.2 Å². The van der Waals surface area contributed by atoms with Crippen LogP contribution in [0.25, 0.3) is 10.9 Å². The van der Waals surface area contributed by atoms with Gasteiger partial charge >= 0.3 is 6.18 Å². The molecule has 1 amide bonds. The number of alkyl halides is 3. The maximum Gasteiger partial charge on any atom is 0.416 e. The molecule has 7 nitrogen and oxygen atoms in total. The predicted octanol–water partition coefficient (Wildman–Crippen LogP) is 4.67. The standard InChI is InChI=1S/C30H37F3N4O3/c1-20-17-36(18-21(2)40-20)9-8-35-10-11-37(25(19-35)13-23-16-34-28-7-5-4-6-27(23)28)29(38)22-12-24(30(31,32)33)15-26(14-22)39-3/h4-7,12,14-16,20-21,25,34H,8-11,13,17-19H2,1-3H3/t20?,21?,25-/m1/s1. The number of hydrogen-bond acceptors (Lipinski definition) is 5. The maximum atomic E-state index is 13.8. The largest absolute Gasteiger partial charge is 0.497 e. The fourth-order valence-electron chi connectivity index (χ4n) is 6.04. The van der Waals surface area contributed by atoms with E-state index in [0.29, 0.717) is 26.1 Å². The van der Waals surface area contributed by atoms with Crippen LogP contribution in [0.1, 0.15) is 35.3 Å². The third-order valence-electron chi connectivity index (χ3n) is 7.90. The number of halogens is 3. The number of carbonyl (C=O) groups excluding carboxylic acids is 1. The summed E-state index contributed by atoms with van der Waals surface area (Å²) in [5.74, 6) is -0.399. The molecule has 3 atom stereocenters. The predicted molar refractivity (Wildman–Crippen MR) is 148 cm³/mol. The van der Waals surface area contributed by atoms with Crippen LogP contribution in [0, 0.1) is 0 Å². The maximum absolute atomic E-state index is 13.8. The molecule has 0 spiro atoms. The number of piperazine rings is 1. The van der Waals surface area contributed by atoms with Gasteiger partial charge in [-0.3, -0.25) is 14.6 Å². The first-order chi connectivity index (χ1) is 19.1. The van der Waals surface area contributed by atoms with Gasteiger partial charge < -0.3 is 19.4 Å². The second kappa shape index (κ2) is 11.8. The third-order valence-corrected chi connectivity index (χ3v) is 7.90. The molecule has 0 saturated carbocycles. The van der Waals surface area contributed by atoms with Crippen LogP contribution in [0.15, 0.2) is 48.7 Å². The Kier molecular flexibility index (Phi) is 8.39. The first-order valence-corrected chi connectivity index (χ1v) is 13.8. The number of methoxy groups -OCH3 is 1. The van der Waals surface area contributed by atoms with Crippen LogP contribution >= 0.6 is 0 Å². The number of hydrogen-bond donors (Lipinski definition) is 1. The minimum atomic E-state index is -4.58. The number of rotatable bonds is 7. The summed E-state index contributed by atoms with van der Waals surface area (Å²) in [7, 11) is 1.30. The highest BCUT2D eigenvalue weighted by atomic mass is 19.4. The van der Waals surface area contributed by atoms with Crippen molar-refractivity contribution in [1.29, 1.82) is 0 Å². The van der Waals surface area contributed by atoms with Crippen molar-refractivity contribution in [3.63, 3.8) is 0 Å². The number of morpholine rings is 1. The van der Waals surface area contributed by atoms with Gasteiger partial charge in [0.15, 0.2) is 0 Å². The SMILES string of the molecule is COc1cc(C(=O)N2CCN(CCN3CC(C)OC(C)C3)C[C@H]2Cc2c[nH]c3ccccc23)cc(C(F)(F)F)c1. The molecule has 1 N–H and O–H groups in total. The third kappa shape index (κ3) is 6.45. The van der Waals surface area contributed by atoms with E-state index in [1.54, 1.807) is 4.90 Å². The number of aromatic amines is 1. The zero-order chi connectivity index (χ0) is 28.4. The first kappa shape index (κ1) is 28.4. The van der Waals surface area contributed by atoms with Gasteiger partial charge in [0.2, 0.25) is 0 Å². The minimum Gasteiger partial charge on any atom is -0.497 e. The number of para-hydroxylation sites is 1. The summed E-state index contributed by atoms with van der Waals surface area (Å²) in [6.45, 7) is 9.43. The molecule has 5 rings (SSSR count). The van der Waals surface area contributed by atoms with Crippen LogP contribution < -0.4 is 4.74 Å². The molecule has 2 aromatic carbocycles. The second-order valence-corrected chi connectivity index (χ2v) is 11.0. The molecule has 3 aromatic rings. The van der Waals surface area contributed by atoms with E-state index in [2.05, 4.69) is 28.6 Å². The van der Waals surface area contributed by atoms with Gasteiger partial charge in [-0.15, -0.1) is 0 Å². The second-order valence-electron chi connectivity index (χ2n) is 11.0. The quantitative estimate of drug-likeness (QED) is 0.457. The summed E-state index contributed by atoms with van der Waals surface area (Å²) >= 11 is 0. The monoisotopic (exact) mass is 558 g/mol. The Labute approximate surface area is 232 Å². The highest BCUT2D eigenvalue weighted by molar-refractivity contribution is 5.95. The molecule has 0 bridgehead atoms. The molecule has 10 heteroatoms. The Morgan fingerprint density at radius 2 is 1.75 bits per heavy atom. The van der Waals surface area contributed by atoms with Crippen LogP contribution in [-0.2, 0) is 17.3 Å². The molecule has 1 aromatic heterocycles. The van der Waals surface area contributed by atoms with Gasteiger partial charge in [-0.05, 0) is 50.1 Å². The van der Waals surface area contributed by atoms with E-state index in [9.17, 15) is 18.0 Å². The van der Waals surface area contributed by atoms with Crippen molar-refractivity contribution in [1.82, 2.24) is 19.7 Å². The average Bonchev–Trinajstić information content (AvgIpc) is 3.33. The van der Waals surface area contributed by atoms with E-state index in [1.807, 2.05) is 30.5 Å². The Balaban J connectivity index is 1.38. The fraction of sp³-hybridized carbons (Fsp3) is 0.500. The molecule has 0 radical (unpaired) electrons. The average molecular weight is 559 g/mol. The number of carbonyl (C=O) groups is 1. The van der Waals surface area contributed by atoms with Crippen molar-refractivity contribution in [2.75, 3.05) is 52.9 Å². The number of amides is 1. The van der Waals surface area contributed by atoms with E-state index >= 15 is 0 Å². The van der Waals surface area contributed by atoms with Gasteiger partial charge in [0, 0.05) is 74.5 Å². The van der Waals surface area contributed by atoms with Gasteiger partial charge in [0.25, 0.3) is 5.91 Å². The Hall–Kier alpha value is -3.08. The lowest BCUT2D eigenvalue weighted by molar-refractivity contribution is -0.137.